The van der Waals surface area contributed by atoms with E-state index < -0.39 is 0 Å². The van der Waals surface area contributed by atoms with E-state index in [1.807, 2.05) is 6.20 Å². The molecule has 0 bridgehead atoms. The van der Waals surface area contributed by atoms with Crippen molar-refractivity contribution in [1.29, 1.82) is 0 Å². The largest absolute Gasteiger partial charge is 0.323 e. The molecule has 0 spiro atoms. The minimum atomic E-state index is -0.0710. The van der Waals surface area contributed by atoms with Crippen LogP contribution < -0.4 is 5.84 Å². The highest BCUT2D eigenvalue weighted by molar-refractivity contribution is 8.14. The summed E-state index contributed by atoms with van der Waals surface area (Å²) in [5, 5.41) is 12.4. The maximum Gasteiger partial charge on any atom is 0.0988 e. The lowest BCUT2D eigenvalue weighted by molar-refractivity contribution is 0.506. The Labute approximate surface area is 127 Å². The fourth-order valence-electron chi connectivity index (χ4n) is 2.26. The molecule has 0 aliphatic rings. The zero-order valence-electron chi connectivity index (χ0n) is 13.6. The van der Waals surface area contributed by atoms with Crippen LogP contribution in [0.4, 0.5) is 0 Å². The highest BCUT2D eigenvalue weighted by Crippen LogP contribution is 2.33. The maximum atomic E-state index is 5.60. The van der Waals surface area contributed by atoms with Crippen LogP contribution in [0.2, 0.25) is 0 Å². The molecule has 1 rings (SSSR count). The van der Waals surface area contributed by atoms with Crippen LogP contribution in [0, 0.1) is 5.41 Å². The van der Waals surface area contributed by atoms with Gasteiger partial charge in [0.1, 0.15) is 0 Å². The van der Waals surface area contributed by atoms with Gasteiger partial charge in [-0.3, -0.25) is 5.10 Å². The van der Waals surface area contributed by atoms with Gasteiger partial charge in [0.15, 0.2) is 0 Å². The molecule has 0 aliphatic carbocycles. The summed E-state index contributed by atoms with van der Waals surface area (Å²) in [5.41, 5.74) is 2.35. The molecule has 4 nitrogen and oxygen atoms in total. The predicted molar refractivity (Wildman–Crippen MR) is 89.1 cm³/mol. The highest BCUT2D eigenvalue weighted by atomic mass is 32.2. The number of thioether (sulfide) groups is 1. The van der Waals surface area contributed by atoms with E-state index in [4.69, 9.17) is 5.84 Å². The SMILES string of the molecule is CCCS/C(=N\N)C(C)(C)Cc1c[nH]nc1C(C)(C)C. The van der Waals surface area contributed by atoms with E-state index in [0.29, 0.717) is 0 Å². The number of aromatic nitrogens is 2. The van der Waals surface area contributed by atoms with E-state index in [0.717, 1.165) is 29.3 Å². The lowest BCUT2D eigenvalue weighted by atomic mass is 9.82. The van der Waals surface area contributed by atoms with Crippen molar-refractivity contribution < 1.29 is 0 Å². The third kappa shape index (κ3) is 4.27. The second-order valence-electron chi connectivity index (χ2n) is 6.85. The van der Waals surface area contributed by atoms with Gasteiger partial charge in [0, 0.05) is 17.0 Å². The first-order valence-electron chi connectivity index (χ1n) is 7.16. The second-order valence-corrected chi connectivity index (χ2v) is 7.94. The van der Waals surface area contributed by atoms with Crippen LogP contribution >= 0.6 is 11.8 Å². The Balaban J connectivity index is 2.93. The number of nitrogens with zero attached hydrogens (tertiary/aromatic N) is 2. The Morgan fingerprint density at radius 2 is 2.00 bits per heavy atom. The number of hydrogen-bond donors (Lipinski definition) is 2. The average Bonchev–Trinajstić information content (AvgIpc) is 2.76. The molecule has 0 atom stereocenters. The molecule has 1 heterocycles. The van der Waals surface area contributed by atoms with Crippen LogP contribution in [0.15, 0.2) is 11.3 Å². The van der Waals surface area contributed by atoms with Crippen molar-refractivity contribution in [3.63, 3.8) is 0 Å². The number of hydrazone groups is 1. The Kier molecular flexibility index (Phi) is 5.68. The molecule has 1 aromatic heterocycles. The number of nitrogens with two attached hydrogens (primary N) is 1. The molecule has 0 aliphatic heterocycles. The third-order valence-electron chi connectivity index (χ3n) is 3.20. The van der Waals surface area contributed by atoms with Crippen molar-refractivity contribution in [2.75, 3.05) is 5.75 Å². The summed E-state index contributed by atoms with van der Waals surface area (Å²) in [6.07, 6.45) is 4.02. The zero-order chi connectivity index (χ0) is 15.4. The minimum Gasteiger partial charge on any atom is -0.323 e. The molecule has 114 valence electrons. The minimum absolute atomic E-state index is 0.0436. The van der Waals surface area contributed by atoms with E-state index in [1.54, 1.807) is 11.8 Å². The zero-order valence-corrected chi connectivity index (χ0v) is 14.4. The summed E-state index contributed by atoms with van der Waals surface area (Å²) in [5.74, 6) is 6.65. The van der Waals surface area contributed by atoms with E-state index in [-0.39, 0.29) is 10.8 Å². The van der Waals surface area contributed by atoms with E-state index in [1.165, 1.54) is 5.56 Å². The van der Waals surface area contributed by atoms with Gasteiger partial charge >= 0.3 is 0 Å². The summed E-state index contributed by atoms with van der Waals surface area (Å²) >= 11 is 1.76. The molecule has 0 saturated heterocycles. The van der Waals surface area contributed by atoms with Crippen molar-refractivity contribution in [3.8, 4) is 0 Å². The van der Waals surface area contributed by atoms with Gasteiger partial charge in [0.05, 0.1) is 10.7 Å². The van der Waals surface area contributed by atoms with Crippen molar-refractivity contribution in [3.05, 3.63) is 17.5 Å². The first-order valence-corrected chi connectivity index (χ1v) is 8.15. The molecule has 0 aromatic carbocycles. The fourth-order valence-corrected chi connectivity index (χ4v) is 3.19. The van der Waals surface area contributed by atoms with Gasteiger partial charge in [0.25, 0.3) is 0 Å². The smallest absolute Gasteiger partial charge is 0.0988 e. The van der Waals surface area contributed by atoms with Crippen LogP contribution in [0.25, 0.3) is 0 Å². The lowest BCUT2D eigenvalue weighted by Gasteiger charge is -2.27. The van der Waals surface area contributed by atoms with E-state index in [2.05, 4.69) is 56.8 Å². The molecular weight excluding hydrogens is 268 g/mol. The molecular formula is C15H28N4S. The standard InChI is InChI=1S/C15H28N4S/c1-7-8-20-13(18-16)15(5,6)9-11-10-17-19-12(11)14(2,3)4/h10H,7-9,16H2,1-6H3,(H,17,19)/b18-13-. The number of H-pyrrole nitrogens is 1. The summed E-state index contributed by atoms with van der Waals surface area (Å²) in [6.45, 7) is 13.1. The van der Waals surface area contributed by atoms with Gasteiger partial charge in [-0.25, -0.2) is 0 Å². The Hall–Kier alpha value is -0.970. The van der Waals surface area contributed by atoms with Crippen molar-refractivity contribution in [2.24, 2.45) is 16.4 Å². The molecule has 20 heavy (non-hydrogen) atoms. The van der Waals surface area contributed by atoms with Crippen LogP contribution in [-0.2, 0) is 11.8 Å². The van der Waals surface area contributed by atoms with Gasteiger partial charge in [-0.2, -0.15) is 10.2 Å². The van der Waals surface area contributed by atoms with Crippen molar-refractivity contribution >= 4 is 16.8 Å². The van der Waals surface area contributed by atoms with Gasteiger partial charge in [0.2, 0.25) is 0 Å². The second kappa shape index (κ2) is 6.66. The Bertz CT molecular complexity index is 455. The molecule has 5 heteroatoms. The molecule has 0 amide bonds. The Morgan fingerprint density at radius 1 is 1.35 bits per heavy atom. The fraction of sp³-hybridized carbons (Fsp3) is 0.733. The maximum absolute atomic E-state index is 5.60. The lowest BCUT2D eigenvalue weighted by Crippen LogP contribution is -2.27. The first-order chi connectivity index (χ1) is 9.22. The quantitative estimate of drug-likeness (QED) is 0.377. The van der Waals surface area contributed by atoms with Crippen molar-refractivity contribution in [2.45, 2.75) is 59.8 Å². The van der Waals surface area contributed by atoms with Gasteiger partial charge in [-0.15, -0.1) is 11.8 Å². The average molecular weight is 296 g/mol. The highest BCUT2D eigenvalue weighted by Gasteiger charge is 2.30. The van der Waals surface area contributed by atoms with Gasteiger partial charge in [-0.1, -0.05) is 41.5 Å². The number of nitrogens with one attached hydrogen (secondary N) is 1. The number of aromatic amines is 1. The Morgan fingerprint density at radius 3 is 2.50 bits per heavy atom. The van der Waals surface area contributed by atoms with E-state index in [9.17, 15) is 0 Å². The van der Waals surface area contributed by atoms with Crippen LogP contribution in [0.5, 0.6) is 0 Å². The van der Waals surface area contributed by atoms with Crippen LogP contribution in [0.1, 0.15) is 59.2 Å². The summed E-state index contributed by atoms with van der Waals surface area (Å²) in [4.78, 5) is 0. The number of rotatable bonds is 5. The predicted octanol–water partition coefficient (Wildman–Crippen LogP) is 3.69. The molecule has 0 unspecified atom stereocenters. The summed E-state index contributed by atoms with van der Waals surface area (Å²) in [6, 6.07) is 0. The summed E-state index contributed by atoms with van der Waals surface area (Å²) in [7, 11) is 0. The number of hydrogen-bond acceptors (Lipinski definition) is 4. The normalized spacial score (nSPS) is 13.8. The molecule has 0 radical (unpaired) electrons. The molecule has 0 saturated carbocycles. The van der Waals surface area contributed by atoms with Crippen LogP contribution in [0.3, 0.4) is 0 Å². The topological polar surface area (TPSA) is 67.1 Å². The van der Waals surface area contributed by atoms with Gasteiger partial charge < -0.3 is 5.84 Å². The summed E-state index contributed by atoms with van der Waals surface area (Å²) < 4.78 is 0. The van der Waals surface area contributed by atoms with Gasteiger partial charge in [-0.05, 0) is 24.2 Å². The van der Waals surface area contributed by atoms with Crippen molar-refractivity contribution in [1.82, 2.24) is 10.2 Å². The van der Waals surface area contributed by atoms with Crippen LogP contribution in [-0.4, -0.2) is 21.0 Å². The molecule has 3 N–H and O–H groups in total. The first kappa shape index (κ1) is 17.1. The third-order valence-corrected chi connectivity index (χ3v) is 4.75. The van der Waals surface area contributed by atoms with E-state index >= 15 is 0 Å². The molecule has 0 fully saturated rings. The molecule has 1 aromatic rings. The monoisotopic (exact) mass is 296 g/mol.